The summed E-state index contributed by atoms with van der Waals surface area (Å²) in [5.74, 6) is -0.0297. The van der Waals surface area contributed by atoms with E-state index in [2.05, 4.69) is 34.5 Å². The number of rotatable bonds is 6. The number of benzene rings is 2. The van der Waals surface area contributed by atoms with Gasteiger partial charge < -0.3 is 10.2 Å². The summed E-state index contributed by atoms with van der Waals surface area (Å²) >= 11 is 0. The van der Waals surface area contributed by atoms with E-state index >= 15 is 0 Å². The third-order valence-electron chi connectivity index (χ3n) is 4.34. The van der Waals surface area contributed by atoms with Gasteiger partial charge in [-0.25, -0.2) is 0 Å². The molecule has 0 spiro atoms. The fourth-order valence-electron chi connectivity index (χ4n) is 3.12. The van der Waals surface area contributed by atoms with E-state index < -0.39 is 0 Å². The summed E-state index contributed by atoms with van der Waals surface area (Å²) in [5.41, 5.74) is 3.84. The Morgan fingerprint density at radius 1 is 1.08 bits per heavy atom. The van der Waals surface area contributed by atoms with Gasteiger partial charge in [-0.1, -0.05) is 48.5 Å². The summed E-state index contributed by atoms with van der Waals surface area (Å²) in [6.07, 6.45) is 6.79. The number of anilines is 1. The summed E-state index contributed by atoms with van der Waals surface area (Å²) in [4.78, 5) is 14.3. The fourth-order valence-corrected chi connectivity index (χ4v) is 3.12. The van der Waals surface area contributed by atoms with Gasteiger partial charge >= 0.3 is 0 Å². The molecule has 1 aliphatic heterocycles. The van der Waals surface area contributed by atoms with E-state index in [0.29, 0.717) is 6.54 Å². The van der Waals surface area contributed by atoms with Crippen LogP contribution in [0.5, 0.6) is 0 Å². The Morgan fingerprint density at radius 2 is 1.88 bits per heavy atom. The predicted octanol–water partition coefficient (Wildman–Crippen LogP) is 3.66. The van der Waals surface area contributed by atoms with Gasteiger partial charge in [0.15, 0.2) is 0 Å². The SMILES string of the molecule is O=C(/C=C/c1ccccc1)NCCCN1CCCc2ccccc21. The minimum absolute atomic E-state index is 0.0297. The van der Waals surface area contributed by atoms with Crippen LogP contribution in [0.15, 0.2) is 60.7 Å². The smallest absolute Gasteiger partial charge is 0.244 e. The van der Waals surface area contributed by atoms with Crippen molar-refractivity contribution in [1.29, 1.82) is 0 Å². The highest BCUT2D eigenvalue weighted by molar-refractivity contribution is 5.91. The molecule has 0 atom stereocenters. The average Bonchev–Trinajstić information content (AvgIpc) is 2.64. The number of nitrogens with one attached hydrogen (secondary N) is 1. The molecule has 1 amide bonds. The average molecular weight is 320 g/mol. The van der Waals surface area contributed by atoms with E-state index in [9.17, 15) is 4.79 Å². The second kappa shape index (κ2) is 8.34. The number of hydrogen-bond acceptors (Lipinski definition) is 2. The van der Waals surface area contributed by atoms with Crippen molar-refractivity contribution in [2.24, 2.45) is 0 Å². The summed E-state index contributed by atoms with van der Waals surface area (Å²) in [5, 5.41) is 2.96. The Labute approximate surface area is 144 Å². The van der Waals surface area contributed by atoms with Gasteiger partial charge in [-0.3, -0.25) is 4.79 Å². The summed E-state index contributed by atoms with van der Waals surface area (Å²) in [7, 11) is 0. The third kappa shape index (κ3) is 4.48. The van der Waals surface area contributed by atoms with Crippen LogP contribution in [0, 0.1) is 0 Å². The van der Waals surface area contributed by atoms with Crippen molar-refractivity contribution in [3.63, 3.8) is 0 Å². The number of amides is 1. The number of nitrogens with zero attached hydrogens (tertiary/aromatic N) is 1. The van der Waals surface area contributed by atoms with Gasteiger partial charge in [0.1, 0.15) is 0 Å². The van der Waals surface area contributed by atoms with Crippen LogP contribution in [0.25, 0.3) is 6.08 Å². The Kier molecular flexibility index (Phi) is 5.67. The lowest BCUT2D eigenvalue weighted by Crippen LogP contribution is -2.32. The first kappa shape index (κ1) is 16.3. The van der Waals surface area contributed by atoms with Gasteiger partial charge in [-0.15, -0.1) is 0 Å². The number of carbonyl (C=O) groups excluding carboxylic acids is 1. The molecule has 0 saturated heterocycles. The van der Waals surface area contributed by atoms with E-state index in [1.54, 1.807) is 6.08 Å². The van der Waals surface area contributed by atoms with Crippen LogP contribution in [-0.2, 0) is 11.2 Å². The van der Waals surface area contributed by atoms with Crippen LogP contribution < -0.4 is 10.2 Å². The molecule has 0 fully saturated rings. The highest BCUT2D eigenvalue weighted by atomic mass is 16.1. The molecule has 0 saturated carbocycles. The standard InChI is InChI=1S/C21H24N2O/c24-21(14-13-18-8-2-1-3-9-18)22-15-7-17-23-16-6-11-19-10-4-5-12-20(19)23/h1-5,8-10,12-14H,6-7,11,15-17H2,(H,22,24)/b14-13+. The summed E-state index contributed by atoms with van der Waals surface area (Å²) < 4.78 is 0. The van der Waals surface area contributed by atoms with E-state index in [-0.39, 0.29) is 5.91 Å². The Balaban J connectivity index is 1.41. The van der Waals surface area contributed by atoms with E-state index in [1.165, 1.54) is 24.1 Å². The third-order valence-corrected chi connectivity index (χ3v) is 4.34. The van der Waals surface area contributed by atoms with E-state index in [4.69, 9.17) is 0 Å². The van der Waals surface area contributed by atoms with Crippen LogP contribution in [0.1, 0.15) is 24.0 Å². The topological polar surface area (TPSA) is 32.3 Å². The van der Waals surface area contributed by atoms with Crippen molar-refractivity contribution in [3.05, 3.63) is 71.8 Å². The van der Waals surface area contributed by atoms with Crippen LogP contribution in [0.2, 0.25) is 0 Å². The molecule has 3 rings (SSSR count). The van der Waals surface area contributed by atoms with Crippen LogP contribution in [0.3, 0.4) is 0 Å². The zero-order valence-corrected chi connectivity index (χ0v) is 13.9. The molecule has 24 heavy (non-hydrogen) atoms. The molecule has 0 radical (unpaired) electrons. The Morgan fingerprint density at radius 3 is 2.75 bits per heavy atom. The lowest BCUT2D eigenvalue weighted by atomic mass is 10.0. The second-order valence-corrected chi connectivity index (χ2v) is 6.11. The molecule has 2 aromatic rings. The molecule has 2 aromatic carbocycles. The monoisotopic (exact) mass is 320 g/mol. The maximum absolute atomic E-state index is 11.9. The molecule has 1 aliphatic rings. The van der Waals surface area contributed by atoms with Crippen molar-refractivity contribution < 1.29 is 4.79 Å². The highest BCUT2D eigenvalue weighted by Gasteiger charge is 2.15. The quantitative estimate of drug-likeness (QED) is 0.651. The zero-order chi connectivity index (χ0) is 16.6. The molecule has 0 unspecified atom stereocenters. The molecule has 1 N–H and O–H groups in total. The van der Waals surface area contributed by atoms with Crippen molar-refractivity contribution in [2.75, 3.05) is 24.5 Å². The van der Waals surface area contributed by atoms with Gasteiger partial charge in [0.2, 0.25) is 5.91 Å². The van der Waals surface area contributed by atoms with Gasteiger partial charge in [-0.05, 0) is 42.5 Å². The lowest BCUT2D eigenvalue weighted by molar-refractivity contribution is -0.116. The number of hydrogen-bond donors (Lipinski definition) is 1. The van der Waals surface area contributed by atoms with Crippen molar-refractivity contribution in [1.82, 2.24) is 5.32 Å². The molecule has 1 heterocycles. The number of fused-ring (bicyclic) bond motifs is 1. The minimum atomic E-state index is -0.0297. The zero-order valence-electron chi connectivity index (χ0n) is 13.9. The first-order valence-corrected chi connectivity index (χ1v) is 8.67. The Hall–Kier alpha value is -2.55. The largest absolute Gasteiger partial charge is 0.371 e. The normalized spacial score (nSPS) is 13.8. The number of para-hydroxylation sites is 1. The second-order valence-electron chi connectivity index (χ2n) is 6.11. The first-order valence-electron chi connectivity index (χ1n) is 8.67. The first-order chi connectivity index (χ1) is 11.8. The van der Waals surface area contributed by atoms with Crippen molar-refractivity contribution >= 4 is 17.7 Å². The van der Waals surface area contributed by atoms with E-state index in [1.807, 2.05) is 36.4 Å². The fraction of sp³-hybridized carbons (Fsp3) is 0.286. The molecule has 3 heteroatoms. The maximum Gasteiger partial charge on any atom is 0.244 e. The summed E-state index contributed by atoms with van der Waals surface area (Å²) in [6, 6.07) is 18.5. The maximum atomic E-state index is 11.9. The highest BCUT2D eigenvalue weighted by Crippen LogP contribution is 2.26. The van der Waals surface area contributed by atoms with Crippen LogP contribution >= 0.6 is 0 Å². The number of aryl methyl sites for hydroxylation is 1. The van der Waals surface area contributed by atoms with Crippen LogP contribution in [0.4, 0.5) is 5.69 Å². The van der Waals surface area contributed by atoms with Gasteiger partial charge in [0.25, 0.3) is 0 Å². The molecule has 0 aromatic heterocycles. The molecular weight excluding hydrogens is 296 g/mol. The van der Waals surface area contributed by atoms with Crippen LogP contribution in [-0.4, -0.2) is 25.5 Å². The lowest BCUT2D eigenvalue weighted by Gasteiger charge is -2.31. The molecular formula is C21H24N2O. The Bertz CT molecular complexity index is 694. The predicted molar refractivity (Wildman–Crippen MR) is 100 cm³/mol. The van der Waals surface area contributed by atoms with E-state index in [0.717, 1.165) is 25.1 Å². The molecule has 3 nitrogen and oxygen atoms in total. The van der Waals surface area contributed by atoms with Gasteiger partial charge in [-0.2, -0.15) is 0 Å². The summed E-state index contributed by atoms with van der Waals surface area (Å²) in [6.45, 7) is 2.80. The number of carbonyl (C=O) groups is 1. The molecule has 0 aliphatic carbocycles. The molecule has 0 bridgehead atoms. The van der Waals surface area contributed by atoms with Gasteiger partial charge in [0.05, 0.1) is 0 Å². The van der Waals surface area contributed by atoms with Gasteiger partial charge in [0, 0.05) is 31.4 Å². The van der Waals surface area contributed by atoms with Crippen molar-refractivity contribution in [2.45, 2.75) is 19.3 Å². The van der Waals surface area contributed by atoms with Crippen molar-refractivity contribution in [3.8, 4) is 0 Å². The molecule has 124 valence electrons. The minimum Gasteiger partial charge on any atom is -0.371 e.